The molecule has 0 saturated carbocycles. The zero-order valence-corrected chi connectivity index (χ0v) is 24.3. The van der Waals surface area contributed by atoms with Crippen molar-refractivity contribution >= 4 is 17.7 Å². The second-order valence-electron chi connectivity index (χ2n) is 10.6. The fourth-order valence-electron chi connectivity index (χ4n) is 4.76. The average molecular weight is 572 g/mol. The van der Waals surface area contributed by atoms with E-state index in [-0.39, 0.29) is 12.5 Å². The molecule has 0 unspecified atom stereocenters. The number of rotatable bonds is 6. The Morgan fingerprint density at radius 3 is 2.33 bits per heavy atom. The van der Waals surface area contributed by atoms with Crippen molar-refractivity contribution in [1.29, 1.82) is 0 Å². The first kappa shape index (κ1) is 30.8. The molecule has 1 aliphatic rings. The Morgan fingerprint density at radius 2 is 1.55 bits per heavy atom. The smallest absolute Gasteiger partial charge is 0.255 e. The van der Waals surface area contributed by atoms with Gasteiger partial charge in [-0.2, -0.15) is 0 Å². The second kappa shape index (κ2) is 16.3. The van der Waals surface area contributed by atoms with E-state index < -0.39 is 23.9 Å². The van der Waals surface area contributed by atoms with Gasteiger partial charge in [-0.1, -0.05) is 78.7 Å². The number of ether oxygens (including phenoxy) is 2. The highest BCUT2D eigenvalue weighted by atomic mass is 16.5. The number of carbonyl (C=O) groups excluding carboxylic acids is 3. The third-order valence-electron chi connectivity index (χ3n) is 7.26. The van der Waals surface area contributed by atoms with E-state index in [9.17, 15) is 14.4 Å². The average Bonchev–Trinajstić information content (AvgIpc) is 3.01. The number of nitrogens with one attached hydrogen (secondary N) is 3. The van der Waals surface area contributed by atoms with E-state index in [0.717, 1.165) is 42.4 Å². The van der Waals surface area contributed by atoms with E-state index in [4.69, 9.17) is 9.47 Å². The van der Waals surface area contributed by atoms with Gasteiger partial charge in [0.15, 0.2) is 0 Å². The first-order valence-corrected chi connectivity index (χ1v) is 14.8. The molecular weight excluding hydrogens is 530 g/mol. The number of carbonyl (C=O) groups is 3. The van der Waals surface area contributed by atoms with Crippen LogP contribution in [-0.2, 0) is 27.3 Å². The highest BCUT2D eigenvalue weighted by molar-refractivity contribution is 6.00. The molecule has 222 valence electrons. The third kappa shape index (κ3) is 9.73. The van der Waals surface area contributed by atoms with Crippen molar-refractivity contribution < 1.29 is 23.9 Å². The molecule has 0 spiro atoms. The van der Waals surface area contributed by atoms with Gasteiger partial charge in [-0.05, 0) is 62.3 Å². The maximum absolute atomic E-state index is 13.7. The summed E-state index contributed by atoms with van der Waals surface area (Å²) in [5, 5.41) is 8.70. The van der Waals surface area contributed by atoms with Crippen LogP contribution in [0.15, 0.2) is 78.9 Å². The summed E-state index contributed by atoms with van der Waals surface area (Å²) in [6.07, 6.45) is 4.50. The summed E-state index contributed by atoms with van der Waals surface area (Å²) in [5.74, 6) is -0.701. The van der Waals surface area contributed by atoms with E-state index in [0.29, 0.717) is 43.9 Å². The molecule has 3 amide bonds. The lowest BCUT2D eigenvalue weighted by Gasteiger charge is -2.24. The molecule has 1 aliphatic heterocycles. The van der Waals surface area contributed by atoms with Crippen LogP contribution in [0.2, 0.25) is 0 Å². The molecule has 1 heterocycles. The van der Waals surface area contributed by atoms with E-state index in [1.807, 2.05) is 67.6 Å². The fraction of sp³-hybridized carbons (Fsp3) is 0.382. The molecule has 3 aromatic carbocycles. The number of para-hydroxylation sites is 1. The van der Waals surface area contributed by atoms with Crippen molar-refractivity contribution in [3.05, 3.63) is 101 Å². The van der Waals surface area contributed by atoms with Crippen molar-refractivity contribution in [1.82, 2.24) is 16.0 Å². The van der Waals surface area contributed by atoms with Gasteiger partial charge in [0.05, 0.1) is 18.8 Å². The maximum atomic E-state index is 13.7. The van der Waals surface area contributed by atoms with Crippen LogP contribution in [0.4, 0.5) is 0 Å². The van der Waals surface area contributed by atoms with Gasteiger partial charge in [0.1, 0.15) is 17.8 Å². The predicted octanol–water partition coefficient (Wildman–Crippen LogP) is 4.50. The van der Waals surface area contributed by atoms with Gasteiger partial charge in [0.25, 0.3) is 5.91 Å². The van der Waals surface area contributed by atoms with Crippen LogP contribution in [0.1, 0.15) is 59.2 Å². The predicted molar refractivity (Wildman–Crippen MR) is 162 cm³/mol. The summed E-state index contributed by atoms with van der Waals surface area (Å²) in [4.78, 5) is 40.4. The molecule has 0 saturated heterocycles. The molecule has 4 rings (SSSR count). The SMILES string of the molecule is Cc1ccc(CNC(=O)[C@@H]2COCCCCCCOc3ccccc3C(=O)N[C@@H](CCc3ccccc3)C(=O)N2)cc1. The maximum Gasteiger partial charge on any atom is 0.255 e. The highest BCUT2D eigenvalue weighted by Crippen LogP contribution is 2.19. The summed E-state index contributed by atoms with van der Waals surface area (Å²) in [6.45, 7) is 3.35. The molecule has 2 atom stereocenters. The second-order valence-corrected chi connectivity index (χ2v) is 10.6. The highest BCUT2D eigenvalue weighted by Gasteiger charge is 2.28. The lowest BCUT2D eigenvalue weighted by atomic mass is 10.0. The Hall–Kier alpha value is -4.17. The van der Waals surface area contributed by atoms with Crippen LogP contribution in [-0.4, -0.2) is 49.6 Å². The van der Waals surface area contributed by atoms with Crippen molar-refractivity contribution in [2.24, 2.45) is 0 Å². The molecule has 3 aromatic rings. The van der Waals surface area contributed by atoms with Crippen molar-refractivity contribution in [3.63, 3.8) is 0 Å². The van der Waals surface area contributed by atoms with Crippen molar-refractivity contribution in [3.8, 4) is 5.75 Å². The minimum absolute atomic E-state index is 0.0385. The van der Waals surface area contributed by atoms with Crippen LogP contribution in [0.5, 0.6) is 5.75 Å². The third-order valence-corrected chi connectivity index (χ3v) is 7.26. The minimum Gasteiger partial charge on any atom is -0.493 e. The Balaban J connectivity index is 1.53. The van der Waals surface area contributed by atoms with Crippen molar-refractivity contribution in [2.45, 2.75) is 64.1 Å². The lowest BCUT2D eigenvalue weighted by molar-refractivity contribution is -0.131. The molecule has 42 heavy (non-hydrogen) atoms. The number of hydrogen-bond acceptors (Lipinski definition) is 5. The quantitative estimate of drug-likeness (QED) is 0.404. The van der Waals surface area contributed by atoms with Gasteiger partial charge in [0.2, 0.25) is 11.8 Å². The monoisotopic (exact) mass is 571 g/mol. The van der Waals surface area contributed by atoms with Crippen LogP contribution >= 0.6 is 0 Å². The Kier molecular flexibility index (Phi) is 12.0. The van der Waals surface area contributed by atoms with E-state index >= 15 is 0 Å². The topological polar surface area (TPSA) is 106 Å². The van der Waals surface area contributed by atoms with Crippen molar-refractivity contribution in [2.75, 3.05) is 19.8 Å². The summed E-state index contributed by atoms with van der Waals surface area (Å²) < 4.78 is 11.8. The Labute approximate surface area is 248 Å². The molecule has 8 heteroatoms. The number of aryl methyl sites for hydroxylation is 2. The van der Waals surface area contributed by atoms with E-state index in [1.54, 1.807) is 18.2 Å². The van der Waals surface area contributed by atoms with Gasteiger partial charge < -0.3 is 25.4 Å². The molecule has 0 aromatic heterocycles. The Morgan fingerprint density at radius 1 is 0.833 bits per heavy atom. The number of benzene rings is 3. The van der Waals surface area contributed by atoms with Crippen LogP contribution in [0.25, 0.3) is 0 Å². The molecule has 0 bridgehead atoms. The van der Waals surface area contributed by atoms with E-state index in [1.165, 1.54) is 0 Å². The molecular formula is C34H41N3O5. The van der Waals surface area contributed by atoms with Crippen LogP contribution in [0.3, 0.4) is 0 Å². The minimum atomic E-state index is -0.912. The zero-order chi connectivity index (χ0) is 29.6. The zero-order valence-electron chi connectivity index (χ0n) is 24.3. The summed E-state index contributed by atoms with van der Waals surface area (Å²) in [7, 11) is 0. The summed E-state index contributed by atoms with van der Waals surface area (Å²) in [6, 6.07) is 22.9. The van der Waals surface area contributed by atoms with Gasteiger partial charge in [-0.15, -0.1) is 0 Å². The van der Waals surface area contributed by atoms with Gasteiger partial charge >= 0.3 is 0 Å². The first-order chi connectivity index (χ1) is 20.5. The first-order valence-electron chi connectivity index (χ1n) is 14.8. The summed E-state index contributed by atoms with van der Waals surface area (Å²) in [5.41, 5.74) is 3.51. The number of fused-ring (bicyclic) bond motifs is 1. The molecule has 3 N–H and O–H groups in total. The molecule has 0 fully saturated rings. The van der Waals surface area contributed by atoms with Gasteiger partial charge in [-0.3, -0.25) is 14.4 Å². The molecule has 0 radical (unpaired) electrons. The van der Waals surface area contributed by atoms with Crippen LogP contribution in [0, 0.1) is 6.92 Å². The fourth-order valence-corrected chi connectivity index (χ4v) is 4.76. The number of amides is 3. The number of hydrogen-bond donors (Lipinski definition) is 3. The lowest BCUT2D eigenvalue weighted by Crippen LogP contribution is -2.55. The normalized spacial score (nSPS) is 18.9. The standard InChI is InChI=1S/C34H41N3O5/c1-25-15-17-27(18-16-25)23-35-33(39)30-24-41-21-9-2-3-10-22-42-31-14-8-7-13-28(31)32(38)36-29(34(40)37-30)20-19-26-11-5-4-6-12-26/h4-8,11-18,29-30H,2-3,9-10,19-24H2,1H3,(H,35,39)(H,36,38)(H,37,40)/t29-,30-/m0/s1. The largest absolute Gasteiger partial charge is 0.493 e. The molecule has 8 nitrogen and oxygen atoms in total. The van der Waals surface area contributed by atoms with E-state index in [2.05, 4.69) is 16.0 Å². The summed E-state index contributed by atoms with van der Waals surface area (Å²) >= 11 is 0. The molecule has 0 aliphatic carbocycles. The Bertz CT molecular complexity index is 1300. The van der Waals surface area contributed by atoms with Gasteiger partial charge in [0, 0.05) is 13.2 Å². The van der Waals surface area contributed by atoms with Gasteiger partial charge in [-0.25, -0.2) is 0 Å². The van der Waals surface area contributed by atoms with Crippen LogP contribution < -0.4 is 20.7 Å².